The maximum absolute atomic E-state index is 12.5. The lowest BCUT2D eigenvalue weighted by atomic mass is 9.67. The first-order chi connectivity index (χ1) is 11.0. The molecule has 3 amide bonds. The predicted molar refractivity (Wildman–Crippen MR) is 88.9 cm³/mol. The Labute approximate surface area is 136 Å². The Kier molecular flexibility index (Phi) is 4.52. The number of urea groups is 1. The molecule has 1 aromatic rings. The number of rotatable bonds is 3. The molecule has 6 nitrogen and oxygen atoms in total. The van der Waals surface area contributed by atoms with Crippen LogP contribution >= 0.6 is 0 Å². The van der Waals surface area contributed by atoms with Gasteiger partial charge in [0.15, 0.2) is 0 Å². The van der Waals surface area contributed by atoms with Crippen molar-refractivity contribution in [1.29, 1.82) is 0 Å². The monoisotopic (exact) mass is 316 g/mol. The van der Waals surface area contributed by atoms with Crippen molar-refractivity contribution in [3.8, 4) is 0 Å². The molecule has 2 aliphatic rings. The molecule has 0 saturated heterocycles. The lowest BCUT2D eigenvalue weighted by molar-refractivity contribution is 0.0756. The third-order valence-electron chi connectivity index (χ3n) is 5.09. The molecule has 3 rings (SSSR count). The van der Waals surface area contributed by atoms with E-state index in [1.807, 2.05) is 0 Å². The standard InChI is InChI=1S/C17H24N4O2/c18-13-8-11-2-1-3-12(9-13)15(11)21-16(22)10-4-6-14(7-5-10)20-17(19)23/h4-7,11-13,15H,1-3,8-9,18H2,(H,21,22)(H3,19,20,23). The van der Waals surface area contributed by atoms with Gasteiger partial charge in [0.05, 0.1) is 0 Å². The van der Waals surface area contributed by atoms with Crippen molar-refractivity contribution in [2.24, 2.45) is 23.3 Å². The molecule has 124 valence electrons. The number of benzene rings is 1. The summed E-state index contributed by atoms with van der Waals surface area (Å²) in [5.74, 6) is 0.933. The number of primary amides is 1. The first-order valence-corrected chi connectivity index (χ1v) is 8.26. The van der Waals surface area contributed by atoms with Crippen LogP contribution in [-0.2, 0) is 0 Å². The van der Waals surface area contributed by atoms with Crippen LogP contribution in [0.2, 0.25) is 0 Å². The number of fused-ring (bicyclic) bond motifs is 2. The van der Waals surface area contributed by atoms with E-state index in [0.29, 0.717) is 23.1 Å². The van der Waals surface area contributed by atoms with Gasteiger partial charge in [0.1, 0.15) is 0 Å². The van der Waals surface area contributed by atoms with Gasteiger partial charge in [0, 0.05) is 23.3 Å². The fourth-order valence-electron chi connectivity index (χ4n) is 4.11. The predicted octanol–water partition coefficient (Wildman–Crippen LogP) is 1.81. The lowest BCUT2D eigenvalue weighted by Gasteiger charge is -2.45. The van der Waals surface area contributed by atoms with Gasteiger partial charge in [-0.2, -0.15) is 0 Å². The van der Waals surface area contributed by atoms with Crippen LogP contribution in [0.25, 0.3) is 0 Å². The van der Waals surface area contributed by atoms with E-state index >= 15 is 0 Å². The zero-order valence-corrected chi connectivity index (χ0v) is 13.1. The van der Waals surface area contributed by atoms with Crippen LogP contribution in [0.1, 0.15) is 42.5 Å². The zero-order chi connectivity index (χ0) is 16.4. The van der Waals surface area contributed by atoms with Crippen molar-refractivity contribution < 1.29 is 9.59 Å². The van der Waals surface area contributed by atoms with E-state index in [0.717, 1.165) is 25.7 Å². The van der Waals surface area contributed by atoms with Crippen molar-refractivity contribution >= 4 is 17.6 Å². The van der Waals surface area contributed by atoms with Gasteiger partial charge in [-0.05, 0) is 61.8 Å². The van der Waals surface area contributed by atoms with Crippen molar-refractivity contribution in [2.75, 3.05) is 5.32 Å². The minimum absolute atomic E-state index is 0.0620. The first-order valence-electron chi connectivity index (χ1n) is 8.26. The highest BCUT2D eigenvalue weighted by atomic mass is 16.2. The zero-order valence-electron chi connectivity index (χ0n) is 13.1. The summed E-state index contributed by atoms with van der Waals surface area (Å²) in [4.78, 5) is 23.3. The molecule has 0 radical (unpaired) electrons. The Hall–Kier alpha value is -2.08. The van der Waals surface area contributed by atoms with Gasteiger partial charge < -0.3 is 22.1 Å². The topological polar surface area (TPSA) is 110 Å². The minimum atomic E-state index is -0.617. The Morgan fingerprint density at radius 1 is 1.04 bits per heavy atom. The largest absolute Gasteiger partial charge is 0.351 e. The van der Waals surface area contributed by atoms with Crippen LogP contribution in [0.3, 0.4) is 0 Å². The minimum Gasteiger partial charge on any atom is -0.351 e. The Bertz CT molecular complexity index is 573. The van der Waals surface area contributed by atoms with Crippen molar-refractivity contribution in [1.82, 2.24) is 5.32 Å². The Morgan fingerprint density at radius 2 is 1.65 bits per heavy atom. The highest BCUT2D eigenvalue weighted by molar-refractivity contribution is 5.95. The highest BCUT2D eigenvalue weighted by Gasteiger charge is 2.39. The van der Waals surface area contributed by atoms with E-state index < -0.39 is 6.03 Å². The van der Waals surface area contributed by atoms with Crippen LogP contribution < -0.4 is 22.1 Å². The van der Waals surface area contributed by atoms with Gasteiger partial charge in [-0.15, -0.1) is 0 Å². The summed E-state index contributed by atoms with van der Waals surface area (Å²) in [6.45, 7) is 0. The third kappa shape index (κ3) is 3.64. The van der Waals surface area contributed by atoms with Gasteiger partial charge >= 0.3 is 6.03 Å². The number of nitrogens with one attached hydrogen (secondary N) is 2. The summed E-state index contributed by atoms with van der Waals surface area (Å²) < 4.78 is 0. The Balaban J connectivity index is 1.65. The van der Waals surface area contributed by atoms with Crippen LogP contribution in [0.5, 0.6) is 0 Å². The fraction of sp³-hybridized carbons (Fsp3) is 0.529. The van der Waals surface area contributed by atoms with Crippen molar-refractivity contribution in [3.05, 3.63) is 29.8 Å². The summed E-state index contributed by atoms with van der Waals surface area (Å²) in [6.07, 6.45) is 5.54. The molecule has 2 unspecified atom stereocenters. The summed E-state index contributed by atoms with van der Waals surface area (Å²) in [5, 5.41) is 5.69. The molecule has 2 aliphatic carbocycles. The van der Waals surface area contributed by atoms with Crippen molar-refractivity contribution in [2.45, 2.75) is 44.2 Å². The average Bonchev–Trinajstić information content (AvgIpc) is 2.48. The Morgan fingerprint density at radius 3 is 2.22 bits per heavy atom. The van der Waals surface area contributed by atoms with Gasteiger partial charge in [0.2, 0.25) is 0 Å². The quantitative estimate of drug-likeness (QED) is 0.682. The molecule has 0 spiro atoms. The summed E-state index contributed by atoms with van der Waals surface area (Å²) in [5.41, 5.74) is 12.4. The molecular weight excluding hydrogens is 292 g/mol. The second-order valence-corrected chi connectivity index (χ2v) is 6.75. The highest BCUT2D eigenvalue weighted by Crippen LogP contribution is 2.39. The molecule has 2 bridgehead atoms. The second kappa shape index (κ2) is 6.58. The molecule has 1 aromatic carbocycles. The number of hydrogen-bond acceptors (Lipinski definition) is 3. The molecular formula is C17H24N4O2. The fourth-order valence-corrected chi connectivity index (χ4v) is 4.11. The SMILES string of the molecule is NC(=O)Nc1ccc(C(=O)NC2C3CCCC2CC(N)C3)cc1. The normalized spacial score (nSPS) is 29.6. The summed E-state index contributed by atoms with van der Waals surface area (Å²) in [7, 11) is 0. The van der Waals surface area contributed by atoms with E-state index in [4.69, 9.17) is 11.5 Å². The van der Waals surface area contributed by atoms with Crippen molar-refractivity contribution in [3.63, 3.8) is 0 Å². The van der Waals surface area contributed by atoms with Crippen LogP contribution in [0, 0.1) is 11.8 Å². The lowest BCUT2D eigenvalue weighted by Crippen LogP contribution is -2.53. The molecule has 2 fully saturated rings. The smallest absolute Gasteiger partial charge is 0.316 e. The number of carbonyl (C=O) groups is 2. The van der Waals surface area contributed by atoms with E-state index in [2.05, 4.69) is 10.6 Å². The van der Waals surface area contributed by atoms with Gasteiger partial charge in [-0.3, -0.25) is 4.79 Å². The molecule has 0 heterocycles. The molecule has 6 heteroatoms. The molecule has 23 heavy (non-hydrogen) atoms. The molecule has 6 N–H and O–H groups in total. The molecule has 0 aliphatic heterocycles. The van der Waals surface area contributed by atoms with E-state index in [9.17, 15) is 9.59 Å². The molecule has 2 atom stereocenters. The van der Waals surface area contributed by atoms with Crippen LogP contribution in [0.15, 0.2) is 24.3 Å². The number of hydrogen-bond donors (Lipinski definition) is 4. The van der Waals surface area contributed by atoms with Crippen LogP contribution in [0.4, 0.5) is 10.5 Å². The van der Waals surface area contributed by atoms with Gasteiger partial charge in [-0.25, -0.2) is 4.79 Å². The maximum atomic E-state index is 12.5. The molecule has 0 aromatic heterocycles. The average molecular weight is 316 g/mol. The maximum Gasteiger partial charge on any atom is 0.316 e. The number of anilines is 1. The molecule has 2 saturated carbocycles. The third-order valence-corrected chi connectivity index (χ3v) is 5.09. The number of carbonyl (C=O) groups excluding carboxylic acids is 2. The van der Waals surface area contributed by atoms with E-state index in [1.54, 1.807) is 24.3 Å². The second-order valence-electron chi connectivity index (χ2n) is 6.75. The van der Waals surface area contributed by atoms with E-state index in [1.165, 1.54) is 6.42 Å². The van der Waals surface area contributed by atoms with Gasteiger partial charge in [0.25, 0.3) is 5.91 Å². The van der Waals surface area contributed by atoms with Crippen LogP contribution in [-0.4, -0.2) is 24.0 Å². The van der Waals surface area contributed by atoms with E-state index in [-0.39, 0.29) is 18.0 Å². The summed E-state index contributed by atoms with van der Waals surface area (Å²) in [6, 6.07) is 6.65. The number of amides is 3. The first kappa shape index (κ1) is 15.8. The summed E-state index contributed by atoms with van der Waals surface area (Å²) >= 11 is 0. The number of nitrogens with two attached hydrogens (primary N) is 2. The van der Waals surface area contributed by atoms with Gasteiger partial charge in [-0.1, -0.05) is 6.42 Å².